The molecule has 0 heterocycles. The van der Waals surface area contributed by atoms with Crippen LogP contribution in [0, 0.1) is 5.92 Å². The topological polar surface area (TPSA) is 69.6 Å². The van der Waals surface area contributed by atoms with E-state index in [-0.39, 0.29) is 30.9 Å². The zero-order valence-electron chi connectivity index (χ0n) is 15.3. The third kappa shape index (κ3) is 5.17. The summed E-state index contributed by atoms with van der Waals surface area (Å²) in [5, 5.41) is 11.8. The quantitative estimate of drug-likeness (QED) is 0.765. The zero-order chi connectivity index (χ0) is 18.9. The van der Waals surface area contributed by atoms with Gasteiger partial charge in [0, 0.05) is 19.0 Å². The van der Waals surface area contributed by atoms with Crippen LogP contribution < -0.4 is 5.32 Å². The lowest BCUT2D eigenvalue weighted by Gasteiger charge is -2.32. The second-order valence-electron chi connectivity index (χ2n) is 6.43. The predicted molar refractivity (Wildman–Crippen MR) is 101 cm³/mol. The minimum Gasteiger partial charge on any atom is -0.395 e. The van der Waals surface area contributed by atoms with Crippen molar-refractivity contribution in [1.29, 1.82) is 0 Å². The number of nitrogens with one attached hydrogen (secondary N) is 1. The number of amides is 2. The van der Waals surface area contributed by atoms with Crippen LogP contribution >= 0.6 is 0 Å². The smallest absolute Gasteiger partial charge is 0.247 e. The Bertz CT molecular complexity index is 702. The Labute approximate surface area is 154 Å². The van der Waals surface area contributed by atoms with E-state index >= 15 is 0 Å². The lowest BCUT2D eigenvalue weighted by atomic mass is 10.0. The Balaban J connectivity index is 2.42. The van der Waals surface area contributed by atoms with Crippen LogP contribution in [-0.4, -0.2) is 35.0 Å². The van der Waals surface area contributed by atoms with Crippen molar-refractivity contribution in [2.24, 2.45) is 5.92 Å². The van der Waals surface area contributed by atoms with E-state index in [4.69, 9.17) is 5.11 Å². The molecule has 0 aliphatic rings. The molecule has 2 N–H and O–H groups in total. The number of benzene rings is 2. The zero-order valence-corrected chi connectivity index (χ0v) is 15.3. The predicted octanol–water partition coefficient (Wildman–Crippen LogP) is 2.52. The molecule has 5 heteroatoms. The molecule has 0 bridgehead atoms. The Kier molecular flexibility index (Phi) is 7.36. The molecule has 2 aromatic carbocycles. The highest BCUT2D eigenvalue weighted by atomic mass is 16.3. The highest BCUT2D eigenvalue weighted by molar-refractivity contribution is 5.89. The van der Waals surface area contributed by atoms with Gasteiger partial charge in [-0.15, -0.1) is 0 Å². The molecule has 5 nitrogen and oxygen atoms in total. The van der Waals surface area contributed by atoms with Gasteiger partial charge in [-0.2, -0.15) is 0 Å². The van der Waals surface area contributed by atoms with Gasteiger partial charge in [0.15, 0.2) is 0 Å². The minimum absolute atomic E-state index is 0.0955. The molecule has 26 heavy (non-hydrogen) atoms. The van der Waals surface area contributed by atoms with Gasteiger partial charge in [0.1, 0.15) is 6.04 Å². The van der Waals surface area contributed by atoms with Gasteiger partial charge in [0.2, 0.25) is 11.8 Å². The summed E-state index contributed by atoms with van der Waals surface area (Å²) in [6.45, 7) is 3.99. The summed E-state index contributed by atoms with van der Waals surface area (Å²) in [6, 6.07) is 18.1. The third-order valence-electron chi connectivity index (χ3n) is 4.06. The first kappa shape index (κ1) is 19.7. The Morgan fingerprint density at radius 3 is 2.12 bits per heavy atom. The fourth-order valence-electron chi connectivity index (χ4n) is 2.79. The van der Waals surface area contributed by atoms with Crippen molar-refractivity contribution in [3.63, 3.8) is 0 Å². The van der Waals surface area contributed by atoms with Gasteiger partial charge in [0.25, 0.3) is 0 Å². The third-order valence-corrected chi connectivity index (χ3v) is 4.06. The highest BCUT2D eigenvalue weighted by Gasteiger charge is 2.32. The molecule has 0 aromatic heterocycles. The number of nitrogens with zero attached hydrogens (tertiary/aromatic N) is 1. The molecule has 0 aliphatic carbocycles. The van der Waals surface area contributed by atoms with Crippen LogP contribution in [0.4, 0.5) is 0 Å². The van der Waals surface area contributed by atoms with Crippen molar-refractivity contribution >= 4 is 11.8 Å². The van der Waals surface area contributed by atoms with Crippen molar-refractivity contribution in [1.82, 2.24) is 10.2 Å². The fourth-order valence-corrected chi connectivity index (χ4v) is 2.79. The minimum atomic E-state index is -0.752. The molecule has 138 valence electrons. The summed E-state index contributed by atoms with van der Waals surface area (Å²) < 4.78 is 0. The summed E-state index contributed by atoms with van der Waals surface area (Å²) in [5.74, 6) is -0.632. The molecule has 1 atom stereocenters. The molecule has 0 spiro atoms. The van der Waals surface area contributed by atoms with Crippen LogP contribution in [0.1, 0.15) is 31.0 Å². The number of hydrogen-bond acceptors (Lipinski definition) is 3. The SMILES string of the molecule is CC(C)C(=O)N(Cc1ccccc1)[C@H](C(=O)NCCO)c1ccccc1. The molecule has 2 aromatic rings. The summed E-state index contributed by atoms with van der Waals surface area (Å²) in [5.41, 5.74) is 1.70. The summed E-state index contributed by atoms with van der Waals surface area (Å²) in [6.07, 6.45) is 0. The molecular formula is C21H26N2O3. The number of hydrogen-bond donors (Lipinski definition) is 2. The van der Waals surface area contributed by atoms with Gasteiger partial charge in [-0.1, -0.05) is 74.5 Å². The second kappa shape index (κ2) is 9.73. The number of carbonyl (C=O) groups is 2. The largest absolute Gasteiger partial charge is 0.395 e. The highest BCUT2D eigenvalue weighted by Crippen LogP contribution is 2.25. The molecule has 0 saturated heterocycles. The van der Waals surface area contributed by atoms with Crippen molar-refractivity contribution in [3.05, 3.63) is 71.8 Å². The number of aliphatic hydroxyl groups excluding tert-OH is 1. The molecule has 0 fully saturated rings. The molecule has 0 radical (unpaired) electrons. The van der Waals surface area contributed by atoms with Gasteiger partial charge in [-0.05, 0) is 11.1 Å². The average Bonchev–Trinajstić information content (AvgIpc) is 2.66. The lowest BCUT2D eigenvalue weighted by molar-refractivity contribution is -0.144. The molecule has 0 saturated carbocycles. The number of aliphatic hydroxyl groups is 1. The van der Waals surface area contributed by atoms with Gasteiger partial charge >= 0.3 is 0 Å². The van der Waals surface area contributed by atoms with Crippen LogP contribution in [0.3, 0.4) is 0 Å². The number of rotatable bonds is 8. The summed E-state index contributed by atoms with van der Waals surface area (Å²) >= 11 is 0. The van der Waals surface area contributed by atoms with Crippen LogP contribution in [-0.2, 0) is 16.1 Å². The summed E-state index contributed by atoms with van der Waals surface area (Å²) in [7, 11) is 0. The van der Waals surface area contributed by atoms with E-state index < -0.39 is 6.04 Å². The fraction of sp³-hybridized carbons (Fsp3) is 0.333. The maximum atomic E-state index is 12.9. The van der Waals surface area contributed by atoms with E-state index in [0.717, 1.165) is 11.1 Å². The van der Waals surface area contributed by atoms with E-state index in [1.54, 1.807) is 4.90 Å². The Hall–Kier alpha value is -2.66. The molecule has 0 unspecified atom stereocenters. The van der Waals surface area contributed by atoms with Crippen LogP contribution in [0.15, 0.2) is 60.7 Å². The van der Waals surface area contributed by atoms with Crippen molar-refractivity contribution in [3.8, 4) is 0 Å². The van der Waals surface area contributed by atoms with Gasteiger partial charge < -0.3 is 15.3 Å². The first-order valence-corrected chi connectivity index (χ1v) is 8.82. The first-order chi connectivity index (χ1) is 12.5. The van der Waals surface area contributed by atoms with Gasteiger partial charge in [-0.25, -0.2) is 0 Å². The van der Waals surface area contributed by atoms with Crippen molar-refractivity contribution < 1.29 is 14.7 Å². The monoisotopic (exact) mass is 354 g/mol. The first-order valence-electron chi connectivity index (χ1n) is 8.82. The van der Waals surface area contributed by atoms with E-state index in [1.807, 2.05) is 74.5 Å². The van der Waals surface area contributed by atoms with Gasteiger partial charge in [0.05, 0.1) is 6.61 Å². The molecule has 0 aliphatic heterocycles. The second-order valence-corrected chi connectivity index (χ2v) is 6.43. The van der Waals surface area contributed by atoms with Crippen LogP contribution in [0.5, 0.6) is 0 Å². The lowest BCUT2D eigenvalue weighted by Crippen LogP contribution is -2.45. The van der Waals surface area contributed by atoms with Crippen molar-refractivity contribution in [2.45, 2.75) is 26.4 Å². The average molecular weight is 354 g/mol. The normalized spacial score (nSPS) is 11.8. The van der Waals surface area contributed by atoms with Crippen LogP contribution in [0.25, 0.3) is 0 Å². The van der Waals surface area contributed by atoms with E-state index in [0.29, 0.717) is 6.54 Å². The van der Waals surface area contributed by atoms with E-state index in [1.165, 1.54) is 0 Å². The van der Waals surface area contributed by atoms with Crippen molar-refractivity contribution in [2.75, 3.05) is 13.2 Å². The standard InChI is InChI=1S/C21H26N2O3/c1-16(2)21(26)23(15-17-9-5-3-6-10-17)19(20(25)22-13-14-24)18-11-7-4-8-12-18/h3-12,16,19,24H,13-15H2,1-2H3,(H,22,25)/t19-/m0/s1. The maximum Gasteiger partial charge on any atom is 0.247 e. The Morgan fingerprint density at radius 1 is 1.00 bits per heavy atom. The Morgan fingerprint density at radius 2 is 1.58 bits per heavy atom. The summed E-state index contributed by atoms with van der Waals surface area (Å²) in [4.78, 5) is 27.4. The van der Waals surface area contributed by atoms with E-state index in [9.17, 15) is 9.59 Å². The van der Waals surface area contributed by atoms with E-state index in [2.05, 4.69) is 5.32 Å². The molecule has 2 amide bonds. The van der Waals surface area contributed by atoms with Gasteiger partial charge in [-0.3, -0.25) is 9.59 Å². The molecule has 2 rings (SSSR count). The van der Waals surface area contributed by atoms with Crippen LogP contribution in [0.2, 0.25) is 0 Å². The number of carbonyl (C=O) groups excluding carboxylic acids is 2. The maximum absolute atomic E-state index is 12.9. The molecular weight excluding hydrogens is 328 g/mol.